The third-order valence-corrected chi connectivity index (χ3v) is 2.67. The van der Waals surface area contributed by atoms with Gasteiger partial charge in [0, 0.05) is 19.8 Å². The zero-order valence-corrected chi connectivity index (χ0v) is 12.2. The second kappa shape index (κ2) is 9.17. The summed E-state index contributed by atoms with van der Waals surface area (Å²) in [6, 6.07) is 5.25. The van der Waals surface area contributed by atoms with Crippen LogP contribution in [0.2, 0.25) is 0 Å². The summed E-state index contributed by atoms with van der Waals surface area (Å²) < 4.78 is 15.3. The lowest BCUT2D eigenvalue weighted by Crippen LogP contribution is -2.29. The number of methoxy groups -OCH3 is 3. The third-order valence-electron chi connectivity index (χ3n) is 2.67. The molecule has 20 heavy (non-hydrogen) atoms. The van der Waals surface area contributed by atoms with Crippen molar-refractivity contribution in [1.82, 2.24) is 5.32 Å². The molecule has 0 aliphatic carbocycles. The second-order valence-corrected chi connectivity index (χ2v) is 4.14. The van der Waals surface area contributed by atoms with Crippen LogP contribution < -0.4 is 20.1 Å². The van der Waals surface area contributed by atoms with Gasteiger partial charge in [-0.1, -0.05) is 0 Å². The Morgan fingerprint density at radius 3 is 2.65 bits per heavy atom. The van der Waals surface area contributed by atoms with E-state index in [-0.39, 0.29) is 12.5 Å². The summed E-state index contributed by atoms with van der Waals surface area (Å²) in [5, 5.41) is 5.83. The van der Waals surface area contributed by atoms with E-state index < -0.39 is 0 Å². The highest BCUT2D eigenvalue weighted by atomic mass is 16.5. The van der Waals surface area contributed by atoms with Crippen molar-refractivity contribution in [3.05, 3.63) is 18.2 Å². The molecule has 1 rings (SSSR count). The van der Waals surface area contributed by atoms with Gasteiger partial charge in [-0.25, -0.2) is 0 Å². The minimum atomic E-state index is -0.131. The van der Waals surface area contributed by atoms with Gasteiger partial charge in [0.1, 0.15) is 11.5 Å². The van der Waals surface area contributed by atoms with Gasteiger partial charge >= 0.3 is 0 Å². The molecule has 0 aliphatic heterocycles. The fourth-order valence-electron chi connectivity index (χ4n) is 1.65. The molecule has 0 bridgehead atoms. The molecule has 1 amide bonds. The van der Waals surface area contributed by atoms with Gasteiger partial charge in [0.05, 0.1) is 26.5 Å². The lowest BCUT2D eigenvalue weighted by atomic mass is 10.2. The standard InChI is InChI=1S/C14H22N2O4/c1-18-8-4-7-15-10-14(17)16-12-9-11(19-2)5-6-13(12)20-3/h5-6,9,15H,4,7-8,10H2,1-3H3,(H,16,17). The maximum atomic E-state index is 11.8. The minimum Gasteiger partial charge on any atom is -0.497 e. The quantitative estimate of drug-likeness (QED) is 0.668. The molecule has 6 nitrogen and oxygen atoms in total. The first-order valence-electron chi connectivity index (χ1n) is 6.42. The Labute approximate surface area is 119 Å². The second-order valence-electron chi connectivity index (χ2n) is 4.14. The Balaban J connectivity index is 2.48. The van der Waals surface area contributed by atoms with Gasteiger partial charge < -0.3 is 24.8 Å². The highest BCUT2D eigenvalue weighted by Gasteiger charge is 2.08. The lowest BCUT2D eigenvalue weighted by molar-refractivity contribution is -0.115. The maximum absolute atomic E-state index is 11.8. The van der Waals surface area contributed by atoms with E-state index in [1.807, 2.05) is 0 Å². The molecular weight excluding hydrogens is 260 g/mol. The van der Waals surface area contributed by atoms with Crippen molar-refractivity contribution >= 4 is 11.6 Å². The van der Waals surface area contributed by atoms with Crippen LogP contribution >= 0.6 is 0 Å². The molecule has 0 radical (unpaired) electrons. The van der Waals surface area contributed by atoms with Crippen molar-refractivity contribution in [2.75, 3.05) is 46.3 Å². The zero-order chi connectivity index (χ0) is 14.8. The molecular formula is C14H22N2O4. The van der Waals surface area contributed by atoms with E-state index in [0.717, 1.165) is 13.0 Å². The smallest absolute Gasteiger partial charge is 0.238 e. The number of nitrogens with one attached hydrogen (secondary N) is 2. The maximum Gasteiger partial charge on any atom is 0.238 e. The summed E-state index contributed by atoms with van der Waals surface area (Å²) in [5.41, 5.74) is 0.593. The first kappa shape index (κ1) is 16.3. The average molecular weight is 282 g/mol. The van der Waals surface area contributed by atoms with Crippen molar-refractivity contribution < 1.29 is 19.0 Å². The number of benzene rings is 1. The number of ether oxygens (including phenoxy) is 3. The molecule has 0 heterocycles. The predicted molar refractivity (Wildman–Crippen MR) is 77.5 cm³/mol. The molecule has 1 aromatic carbocycles. The molecule has 6 heteroatoms. The number of hydrogen-bond donors (Lipinski definition) is 2. The van der Waals surface area contributed by atoms with Crippen LogP contribution in [0.15, 0.2) is 18.2 Å². The normalized spacial score (nSPS) is 10.2. The largest absolute Gasteiger partial charge is 0.497 e. The van der Waals surface area contributed by atoms with Crippen molar-refractivity contribution in [2.45, 2.75) is 6.42 Å². The van der Waals surface area contributed by atoms with E-state index in [2.05, 4.69) is 10.6 Å². The zero-order valence-electron chi connectivity index (χ0n) is 12.2. The molecule has 112 valence electrons. The van der Waals surface area contributed by atoms with Gasteiger partial charge in [0.25, 0.3) is 0 Å². The van der Waals surface area contributed by atoms with E-state index >= 15 is 0 Å². The fraction of sp³-hybridized carbons (Fsp3) is 0.500. The first-order chi connectivity index (χ1) is 9.71. The van der Waals surface area contributed by atoms with Crippen LogP contribution in [0.25, 0.3) is 0 Å². The van der Waals surface area contributed by atoms with Gasteiger partial charge in [0.15, 0.2) is 0 Å². The Bertz CT molecular complexity index is 424. The molecule has 0 atom stereocenters. The van der Waals surface area contributed by atoms with E-state index in [4.69, 9.17) is 14.2 Å². The number of carbonyl (C=O) groups excluding carboxylic acids is 1. The average Bonchev–Trinajstić information content (AvgIpc) is 2.47. The van der Waals surface area contributed by atoms with E-state index in [0.29, 0.717) is 23.8 Å². The summed E-state index contributed by atoms with van der Waals surface area (Å²) >= 11 is 0. The van der Waals surface area contributed by atoms with Crippen LogP contribution in [0.1, 0.15) is 6.42 Å². The topological polar surface area (TPSA) is 68.8 Å². The van der Waals surface area contributed by atoms with Gasteiger partial charge in [-0.3, -0.25) is 4.79 Å². The van der Waals surface area contributed by atoms with Gasteiger partial charge in [-0.15, -0.1) is 0 Å². The summed E-state index contributed by atoms with van der Waals surface area (Å²) in [4.78, 5) is 11.8. The van der Waals surface area contributed by atoms with Crippen LogP contribution in [-0.4, -0.2) is 46.9 Å². The van der Waals surface area contributed by atoms with E-state index in [9.17, 15) is 4.79 Å². The number of carbonyl (C=O) groups is 1. The van der Waals surface area contributed by atoms with Crippen LogP contribution in [0.4, 0.5) is 5.69 Å². The highest BCUT2D eigenvalue weighted by molar-refractivity contribution is 5.93. The Morgan fingerprint density at radius 2 is 2.00 bits per heavy atom. The van der Waals surface area contributed by atoms with Crippen molar-refractivity contribution in [3.8, 4) is 11.5 Å². The van der Waals surface area contributed by atoms with Crippen LogP contribution in [0.3, 0.4) is 0 Å². The van der Waals surface area contributed by atoms with Crippen molar-refractivity contribution in [3.63, 3.8) is 0 Å². The molecule has 0 fully saturated rings. The molecule has 2 N–H and O–H groups in total. The fourth-order valence-corrected chi connectivity index (χ4v) is 1.65. The summed E-state index contributed by atoms with van der Waals surface area (Å²) in [5.74, 6) is 1.13. The molecule has 0 spiro atoms. The number of hydrogen-bond acceptors (Lipinski definition) is 5. The van der Waals surface area contributed by atoms with E-state index in [1.54, 1.807) is 39.5 Å². The van der Waals surface area contributed by atoms with Crippen LogP contribution in [-0.2, 0) is 9.53 Å². The molecule has 0 aliphatic rings. The van der Waals surface area contributed by atoms with Crippen molar-refractivity contribution in [2.24, 2.45) is 0 Å². The molecule has 0 aromatic heterocycles. The minimum absolute atomic E-state index is 0.131. The summed E-state index contributed by atoms with van der Waals surface area (Å²) in [7, 11) is 4.78. The highest BCUT2D eigenvalue weighted by Crippen LogP contribution is 2.28. The Morgan fingerprint density at radius 1 is 1.20 bits per heavy atom. The monoisotopic (exact) mass is 282 g/mol. The van der Waals surface area contributed by atoms with E-state index in [1.165, 1.54) is 0 Å². The molecule has 0 unspecified atom stereocenters. The van der Waals surface area contributed by atoms with Gasteiger partial charge in [0.2, 0.25) is 5.91 Å². The SMILES string of the molecule is COCCCNCC(=O)Nc1cc(OC)ccc1OC. The van der Waals surface area contributed by atoms with Gasteiger partial charge in [-0.2, -0.15) is 0 Å². The predicted octanol–water partition coefficient (Wildman–Crippen LogP) is 1.27. The Hall–Kier alpha value is -1.79. The first-order valence-corrected chi connectivity index (χ1v) is 6.42. The number of rotatable bonds is 9. The summed E-state index contributed by atoms with van der Waals surface area (Å²) in [6.45, 7) is 1.65. The third kappa shape index (κ3) is 5.46. The van der Waals surface area contributed by atoms with Crippen molar-refractivity contribution in [1.29, 1.82) is 0 Å². The van der Waals surface area contributed by atoms with Crippen LogP contribution in [0.5, 0.6) is 11.5 Å². The van der Waals surface area contributed by atoms with Crippen LogP contribution in [0, 0.1) is 0 Å². The number of anilines is 1. The molecule has 1 aromatic rings. The lowest BCUT2D eigenvalue weighted by Gasteiger charge is -2.12. The summed E-state index contributed by atoms with van der Waals surface area (Å²) in [6.07, 6.45) is 0.867. The molecule has 0 saturated carbocycles. The number of amides is 1. The Kier molecular flexibility index (Phi) is 7.46. The molecule has 0 saturated heterocycles. The van der Waals surface area contributed by atoms with Gasteiger partial charge in [-0.05, 0) is 25.1 Å².